The fourth-order valence-electron chi connectivity index (χ4n) is 1.65. The number of aliphatic hydroxyl groups is 2. The molecule has 0 aromatic rings. The molecule has 1 unspecified atom stereocenters. The molecule has 0 amide bonds. The second kappa shape index (κ2) is 5.06. The average molecular weight is 223 g/mol. The first-order valence-corrected chi connectivity index (χ1v) is 6.57. The summed E-state index contributed by atoms with van der Waals surface area (Å²) in [6, 6.07) is -0.536. The smallest absolute Gasteiger partial charge is 0.151 e. The maximum absolute atomic E-state index is 11.3. The number of hydrogen-bond acceptors (Lipinski definition) is 5. The van der Waals surface area contributed by atoms with E-state index in [9.17, 15) is 8.42 Å². The molecule has 0 radical (unpaired) electrons. The molecule has 1 heterocycles. The number of aliphatic hydroxyl groups excluding tert-OH is 2. The fraction of sp³-hybridized carbons (Fsp3) is 1.00. The molecule has 3 N–H and O–H groups in total. The number of nitrogens with one attached hydrogen (secondary N) is 1. The lowest BCUT2D eigenvalue weighted by molar-refractivity contribution is 0.162. The second-order valence-corrected chi connectivity index (χ2v) is 5.91. The average Bonchev–Trinajstić information content (AvgIpc) is 2.12. The molecule has 1 aliphatic heterocycles. The third-order valence-electron chi connectivity index (χ3n) is 2.38. The van der Waals surface area contributed by atoms with Gasteiger partial charge in [0.15, 0.2) is 9.84 Å². The Hall–Kier alpha value is -0.170. The molecular weight excluding hydrogens is 206 g/mol. The molecule has 0 saturated carbocycles. The zero-order valence-corrected chi connectivity index (χ0v) is 8.83. The first-order chi connectivity index (χ1) is 6.57. The van der Waals surface area contributed by atoms with E-state index in [1.165, 1.54) is 0 Å². The third-order valence-corrected chi connectivity index (χ3v) is 4.20. The van der Waals surface area contributed by atoms with Crippen molar-refractivity contribution in [1.82, 2.24) is 5.32 Å². The zero-order chi connectivity index (χ0) is 10.6. The maximum Gasteiger partial charge on any atom is 0.151 e. The molecular formula is C8H17NO4S. The Balaban J connectivity index is 2.45. The molecule has 1 aliphatic rings. The van der Waals surface area contributed by atoms with Crippen LogP contribution in [-0.4, -0.2) is 55.4 Å². The Kier molecular flexibility index (Phi) is 4.31. The van der Waals surface area contributed by atoms with Gasteiger partial charge in [0.2, 0.25) is 0 Å². The van der Waals surface area contributed by atoms with Crippen LogP contribution in [0.2, 0.25) is 0 Å². The summed E-state index contributed by atoms with van der Waals surface area (Å²) in [7, 11) is -2.92. The largest absolute Gasteiger partial charge is 0.395 e. The summed E-state index contributed by atoms with van der Waals surface area (Å²) in [6.07, 6.45) is 1.44. The van der Waals surface area contributed by atoms with Crippen LogP contribution in [0.25, 0.3) is 0 Å². The van der Waals surface area contributed by atoms with E-state index in [0.717, 1.165) is 6.42 Å². The lowest BCUT2D eigenvalue weighted by Gasteiger charge is -2.26. The van der Waals surface area contributed by atoms with Crippen LogP contribution >= 0.6 is 0 Å². The highest BCUT2D eigenvalue weighted by Crippen LogP contribution is 2.12. The summed E-state index contributed by atoms with van der Waals surface area (Å²) in [5, 5.41) is 20.6. The van der Waals surface area contributed by atoms with E-state index in [1.807, 2.05) is 0 Å². The summed E-state index contributed by atoms with van der Waals surface area (Å²) < 4.78 is 22.5. The molecule has 0 aliphatic carbocycles. The molecule has 1 rings (SSSR count). The van der Waals surface area contributed by atoms with E-state index < -0.39 is 15.9 Å². The summed E-state index contributed by atoms with van der Waals surface area (Å²) in [6.45, 7) is -0.347. The van der Waals surface area contributed by atoms with E-state index >= 15 is 0 Å². The van der Waals surface area contributed by atoms with Gasteiger partial charge in [-0.1, -0.05) is 0 Å². The molecule has 14 heavy (non-hydrogen) atoms. The van der Waals surface area contributed by atoms with E-state index in [0.29, 0.717) is 6.42 Å². The lowest BCUT2D eigenvalue weighted by atomic mass is 10.1. The molecule has 0 bridgehead atoms. The van der Waals surface area contributed by atoms with Gasteiger partial charge in [-0.05, 0) is 12.8 Å². The quantitative estimate of drug-likeness (QED) is 0.540. The van der Waals surface area contributed by atoms with Crippen LogP contribution in [0.1, 0.15) is 12.8 Å². The summed E-state index contributed by atoms with van der Waals surface area (Å²) in [5.74, 6) is 0.373. The monoisotopic (exact) mass is 223 g/mol. The van der Waals surface area contributed by atoms with Crippen molar-refractivity contribution in [3.63, 3.8) is 0 Å². The van der Waals surface area contributed by atoms with Gasteiger partial charge in [-0.25, -0.2) is 8.42 Å². The molecule has 0 aromatic carbocycles. The molecule has 1 fully saturated rings. The Bertz CT molecular complexity index is 261. The molecule has 1 atom stereocenters. The molecule has 0 spiro atoms. The Morgan fingerprint density at radius 1 is 1.36 bits per heavy atom. The van der Waals surface area contributed by atoms with Crippen molar-refractivity contribution in [2.45, 2.75) is 24.9 Å². The summed E-state index contributed by atoms with van der Waals surface area (Å²) in [5.41, 5.74) is 0. The van der Waals surface area contributed by atoms with Crippen molar-refractivity contribution < 1.29 is 18.6 Å². The minimum Gasteiger partial charge on any atom is -0.395 e. The Morgan fingerprint density at radius 3 is 2.50 bits per heavy atom. The van der Waals surface area contributed by atoms with Crippen LogP contribution in [0, 0.1) is 0 Å². The van der Waals surface area contributed by atoms with Gasteiger partial charge in [-0.15, -0.1) is 0 Å². The highest BCUT2D eigenvalue weighted by atomic mass is 32.2. The van der Waals surface area contributed by atoms with Crippen LogP contribution in [0.15, 0.2) is 0 Å². The van der Waals surface area contributed by atoms with Crippen molar-refractivity contribution in [2.24, 2.45) is 0 Å². The van der Waals surface area contributed by atoms with Gasteiger partial charge in [0.1, 0.15) is 0 Å². The predicted molar refractivity (Wildman–Crippen MR) is 52.8 cm³/mol. The van der Waals surface area contributed by atoms with Crippen LogP contribution in [0.5, 0.6) is 0 Å². The third kappa shape index (κ3) is 3.53. The van der Waals surface area contributed by atoms with E-state index in [-0.39, 0.29) is 30.8 Å². The van der Waals surface area contributed by atoms with Crippen LogP contribution in [0.3, 0.4) is 0 Å². The Labute approximate surface area is 84.1 Å². The molecule has 6 heteroatoms. The van der Waals surface area contributed by atoms with Gasteiger partial charge >= 0.3 is 0 Å². The van der Waals surface area contributed by atoms with E-state index in [4.69, 9.17) is 10.2 Å². The van der Waals surface area contributed by atoms with Gasteiger partial charge in [-0.3, -0.25) is 0 Å². The van der Waals surface area contributed by atoms with Crippen molar-refractivity contribution in [1.29, 1.82) is 0 Å². The van der Waals surface area contributed by atoms with Crippen molar-refractivity contribution >= 4 is 9.84 Å². The number of sulfone groups is 1. The normalized spacial score (nSPS) is 26.6. The lowest BCUT2D eigenvalue weighted by Crippen LogP contribution is -2.48. The van der Waals surface area contributed by atoms with Crippen molar-refractivity contribution in [3.8, 4) is 0 Å². The standard InChI is InChI=1S/C8H17NO4S/c10-4-8(5-11)9-7-2-1-3-14(12,13)6-7/h7-11H,1-6H2. The number of hydrogen-bond donors (Lipinski definition) is 3. The Morgan fingerprint density at radius 2 is 2.00 bits per heavy atom. The highest BCUT2D eigenvalue weighted by molar-refractivity contribution is 7.91. The van der Waals surface area contributed by atoms with Gasteiger partial charge in [0.25, 0.3) is 0 Å². The van der Waals surface area contributed by atoms with Crippen molar-refractivity contribution in [3.05, 3.63) is 0 Å². The zero-order valence-electron chi connectivity index (χ0n) is 8.02. The fourth-order valence-corrected chi connectivity index (χ4v) is 3.30. The van der Waals surface area contributed by atoms with E-state index in [1.54, 1.807) is 0 Å². The summed E-state index contributed by atoms with van der Waals surface area (Å²) >= 11 is 0. The van der Waals surface area contributed by atoms with Crippen LogP contribution in [-0.2, 0) is 9.84 Å². The van der Waals surface area contributed by atoms with Crippen LogP contribution < -0.4 is 5.32 Å². The van der Waals surface area contributed by atoms with Gasteiger partial charge < -0.3 is 15.5 Å². The van der Waals surface area contributed by atoms with Crippen LogP contribution in [0.4, 0.5) is 0 Å². The minimum absolute atomic E-state index is 0.115. The second-order valence-electron chi connectivity index (χ2n) is 3.68. The van der Waals surface area contributed by atoms with Gasteiger partial charge in [0, 0.05) is 6.04 Å². The maximum atomic E-state index is 11.3. The SMILES string of the molecule is O=S1(=O)CCCC(NC(CO)CO)C1. The van der Waals surface area contributed by atoms with Gasteiger partial charge in [0.05, 0.1) is 30.8 Å². The van der Waals surface area contributed by atoms with Crippen molar-refractivity contribution in [2.75, 3.05) is 24.7 Å². The van der Waals surface area contributed by atoms with Gasteiger partial charge in [-0.2, -0.15) is 0 Å². The minimum atomic E-state index is -2.92. The predicted octanol–water partition coefficient (Wildman–Crippen LogP) is -1.49. The number of rotatable bonds is 4. The molecule has 1 saturated heterocycles. The first kappa shape index (κ1) is 11.9. The van der Waals surface area contributed by atoms with E-state index in [2.05, 4.69) is 5.32 Å². The first-order valence-electron chi connectivity index (χ1n) is 4.75. The molecule has 5 nitrogen and oxygen atoms in total. The topological polar surface area (TPSA) is 86.6 Å². The highest BCUT2D eigenvalue weighted by Gasteiger charge is 2.25. The molecule has 0 aromatic heterocycles. The molecule has 84 valence electrons. The summed E-state index contributed by atoms with van der Waals surface area (Å²) in [4.78, 5) is 0.